The molecular formula is C21H26N4O4S. The van der Waals surface area contributed by atoms with E-state index in [9.17, 15) is 9.59 Å². The van der Waals surface area contributed by atoms with Crippen LogP contribution in [-0.2, 0) is 22.6 Å². The van der Waals surface area contributed by atoms with Crippen LogP contribution < -0.4 is 20.1 Å². The number of nitrogens with zero attached hydrogens (tertiary/aromatic N) is 2. The minimum Gasteiger partial charge on any atom is -0.497 e. The highest BCUT2D eigenvalue weighted by atomic mass is 32.1. The molecule has 0 saturated heterocycles. The molecule has 2 amide bonds. The maximum atomic E-state index is 12.6. The quantitative estimate of drug-likeness (QED) is 0.702. The molecule has 2 N–H and O–H groups in total. The number of benzene rings is 1. The Labute approximate surface area is 179 Å². The molecule has 0 bridgehead atoms. The molecule has 0 radical (unpaired) electrons. The highest BCUT2D eigenvalue weighted by Crippen LogP contribution is 2.32. The minimum absolute atomic E-state index is 0.0795. The summed E-state index contributed by atoms with van der Waals surface area (Å²) in [4.78, 5) is 32.5. The van der Waals surface area contributed by atoms with Crippen molar-refractivity contribution in [3.63, 3.8) is 0 Å². The molecule has 0 atom stereocenters. The Morgan fingerprint density at radius 1 is 1.23 bits per heavy atom. The zero-order chi connectivity index (χ0) is 21.1. The maximum absolute atomic E-state index is 12.6. The van der Waals surface area contributed by atoms with Gasteiger partial charge in [0.25, 0.3) is 0 Å². The Morgan fingerprint density at radius 3 is 2.77 bits per heavy atom. The Hall–Kier alpha value is -2.65. The molecule has 0 unspecified atom stereocenters. The van der Waals surface area contributed by atoms with Crippen molar-refractivity contribution >= 4 is 34.0 Å². The van der Waals surface area contributed by atoms with E-state index in [0.29, 0.717) is 28.9 Å². The van der Waals surface area contributed by atoms with E-state index in [0.717, 1.165) is 42.8 Å². The van der Waals surface area contributed by atoms with Crippen LogP contribution in [0.2, 0.25) is 0 Å². The second-order valence-corrected chi connectivity index (χ2v) is 8.66. The number of carbonyl (C=O) groups excluding carboxylic acids is 2. The van der Waals surface area contributed by atoms with Gasteiger partial charge in [-0.2, -0.15) is 0 Å². The summed E-state index contributed by atoms with van der Waals surface area (Å²) in [5, 5.41) is 6.54. The fraction of sp³-hybridized carbons (Fsp3) is 0.476. The van der Waals surface area contributed by atoms with Gasteiger partial charge >= 0.3 is 0 Å². The molecule has 9 heteroatoms. The van der Waals surface area contributed by atoms with Crippen LogP contribution in [0, 0.1) is 5.92 Å². The Morgan fingerprint density at radius 2 is 2.07 bits per heavy atom. The van der Waals surface area contributed by atoms with Gasteiger partial charge in [0.15, 0.2) is 5.13 Å². The number of ether oxygens (including phenoxy) is 2. The van der Waals surface area contributed by atoms with Crippen molar-refractivity contribution in [2.75, 3.05) is 37.9 Å². The molecule has 2 heterocycles. The standard InChI is InChI=1S/C21H26N4O4S/c1-28-14-6-7-17(29-2)16(10-14)22-19(26)12-25-9-8-15-18(11-25)30-21(23-15)24-20(27)13-4-3-5-13/h6-7,10,13H,3-5,8-9,11-12H2,1-2H3,(H,22,26)(H,23,24,27). The lowest BCUT2D eigenvalue weighted by atomic mass is 9.85. The number of carbonyl (C=O) groups is 2. The summed E-state index contributed by atoms with van der Waals surface area (Å²) in [6.07, 6.45) is 3.84. The van der Waals surface area contributed by atoms with Crippen molar-refractivity contribution in [3.05, 3.63) is 28.8 Å². The van der Waals surface area contributed by atoms with Gasteiger partial charge in [0, 0.05) is 36.4 Å². The maximum Gasteiger partial charge on any atom is 0.238 e. The molecule has 1 aliphatic heterocycles. The summed E-state index contributed by atoms with van der Waals surface area (Å²) < 4.78 is 10.5. The van der Waals surface area contributed by atoms with Crippen LogP contribution >= 0.6 is 11.3 Å². The summed E-state index contributed by atoms with van der Waals surface area (Å²) in [6.45, 7) is 1.66. The fourth-order valence-electron chi connectivity index (χ4n) is 3.62. The lowest BCUT2D eigenvalue weighted by Gasteiger charge is -2.25. The first kappa shape index (κ1) is 20.6. The molecular weight excluding hydrogens is 404 g/mol. The molecule has 0 spiro atoms. The number of nitrogens with one attached hydrogen (secondary N) is 2. The summed E-state index contributed by atoms with van der Waals surface area (Å²) in [7, 11) is 3.14. The van der Waals surface area contributed by atoms with Gasteiger partial charge < -0.3 is 20.1 Å². The monoisotopic (exact) mass is 430 g/mol. The third-order valence-electron chi connectivity index (χ3n) is 5.56. The predicted octanol–water partition coefficient (Wildman–Crippen LogP) is 2.90. The van der Waals surface area contributed by atoms with Gasteiger partial charge in [-0.25, -0.2) is 4.98 Å². The van der Waals surface area contributed by atoms with Crippen molar-refractivity contribution in [1.82, 2.24) is 9.88 Å². The zero-order valence-corrected chi connectivity index (χ0v) is 18.0. The number of methoxy groups -OCH3 is 2. The molecule has 8 nitrogen and oxygen atoms in total. The first-order valence-corrected chi connectivity index (χ1v) is 10.9. The highest BCUT2D eigenvalue weighted by Gasteiger charge is 2.27. The Bertz CT molecular complexity index is 941. The lowest BCUT2D eigenvalue weighted by Crippen LogP contribution is -2.36. The van der Waals surface area contributed by atoms with Crippen LogP contribution in [0.3, 0.4) is 0 Å². The van der Waals surface area contributed by atoms with Crippen LogP contribution in [0.1, 0.15) is 29.8 Å². The van der Waals surface area contributed by atoms with Crippen molar-refractivity contribution in [2.45, 2.75) is 32.2 Å². The van der Waals surface area contributed by atoms with Crippen molar-refractivity contribution in [3.8, 4) is 11.5 Å². The third-order valence-corrected chi connectivity index (χ3v) is 6.56. The number of hydrogen-bond acceptors (Lipinski definition) is 7. The van der Waals surface area contributed by atoms with Gasteiger partial charge in [0.1, 0.15) is 11.5 Å². The second-order valence-electron chi connectivity index (χ2n) is 7.58. The molecule has 2 aromatic rings. The van der Waals surface area contributed by atoms with Gasteiger partial charge in [-0.15, -0.1) is 11.3 Å². The highest BCUT2D eigenvalue weighted by molar-refractivity contribution is 7.15. The van der Waals surface area contributed by atoms with E-state index in [2.05, 4.69) is 20.5 Å². The smallest absolute Gasteiger partial charge is 0.238 e. The number of thiazole rings is 1. The van der Waals surface area contributed by atoms with Gasteiger partial charge in [-0.05, 0) is 25.0 Å². The van der Waals surface area contributed by atoms with Gasteiger partial charge in [0.05, 0.1) is 32.1 Å². The molecule has 1 aromatic heterocycles. The minimum atomic E-state index is -0.118. The molecule has 160 valence electrons. The number of fused-ring (bicyclic) bond motifs is 1. The number of rotatable bonds is 7. The number of hydrogen-bond donors (Lipinski definition) is 2. The SMILES string of the molecule is COc1ccc(OC)c(NC(=O)CN2CCc3nc(NC(=O)C4CCC4)sc3C2)c1. The summed E-state index contributed by atoms with van der Waals surface area (Å²) in [6, 6.07) is 5.29. The molecule has 1 aromatic carbocycles. The van der Waals surface area contributed by atoms with E-state index in [1.54, 1.807) is 32.4 Å². The van der Waals surface area contributed by atoms with E-state index in [1.807, 2.05) is 0 Å². The molecule has 2 aliphatic rings. The van der Waals surface area contributed by atoms with Crippen molar-refractivity contribution in [1.29, 1.82) is 0 Å². The number of amides is 2. The Balaban J connectivity index is 1.35. The van der Waals surface area contributed by atoms with E-state index in [4.69, 9.17) is 9.47 Å². The largest absolute Gasteiger partial charge is 0.497 e. The summed E-state index contributed by atoms with van der Waals surface area (Å²) >= 11 is 1.51. The van der Waals surface area contributed by atoms with E-state index in [-0.39, 0.29) is 24.3 Å². The summed E-state index contributed by atoms with van der Waals surface area (Å²) in [5.41, 5.74) is 1.60. The van der Waals surface area contributed by atoms with Crippen molar-refractivity contribution < 1.29 is 19.1 Å². The third kappa shape index (κ3) is 4.57. The first-order chi connectivity index (χ1) is 14.6. The predicted molar refractivity (Wildman–Crippen MR) is 115 cm³/mol. The number of anilines is 2. The molecule has 30 heavy (non-hydrogen) atoms. The lowest BCUT2D eigenvalue weighted by molar-refractivity contribution is -0.122. The van der Waals surface area contributed by atoms with Gasteiger partial charge in [-0.3, -0.25) is 14.5 Å². The van der Waals surface area contributed by atoms with Crippen LogP contribution in [0.5, 0.6) is 11.5 Å². The Kier molecular flexibility index (Phi) is 6.19. The average Bonchev–Trinajstić information content (AvgIpc) is 3.07. The molecule has 1 aliphatic carbocycles. The molecule has 4 rings (SSSR count). The second kappa shape index (κ2) is 9.01. The van der Waals surface area contributed by atoms with Crippen LogP contribution in [-0.4, -0.2) is 49.0 Å². The number of aromatic nitrogens is 1. The fourth-order valence-corrected chi connectivity index (χ4v) is 4.67. The zero-order valence-electron chi connectivity index (χ0n) is 17.2. The first-order valence-electron chi connectivity index (χ1n) is 10.1. The van der Waals surface area contributed by atoms with Crippen molar-refractivity contribution in [2.24, 2.45) is 5.92 Å². The van der Waals surface area contributed by atoms with E-state index < -0.39 is 0 Å². The van der Waals surface area contributed by atoms with Crippen LogP contribution in [0.4, 0.5) is 10.8 Å². The van der Waals surface area contributed by atoms with Crippen LogP contribution in [0.15, 0.2) is 18.2 Å². The van der Waals surface area contributed by atoms with Gasteiger partial charge in [0.2, 0.25) is 11.8 Å². The van der Waals surface area contributed by atoms with Gasteiger partial charge in [-0.1, -0.05) is 6.42 Å². The van der Waals surface area contributed by atoms with E-state index in [1.165, 1.54) is 11.3 Å². The van der Waals surface area contributed by atoms with Crippen LogP contribution in [0.25, 0.3) is 0 Å². The molecule has 1 fully saturated rings. The molecule has 1 saturated carbocycles. The normalized spacial score (nSPS) is 16.3. The topological polar surface area (TPSA) is 92.8 Å². The van der Waals surface area contributed by atoms with E-state index >= 15 is 0 Å². The summed E-state index contributed by atoms with van der Waals surface area (Å²) in [5.74, 6) is 1.33. The average molecular weight is 431 g/mol.